The number of nitrogens with zero attached hydrogens (tertiary/aromatic N) is 1. The Bertz CT molecular complexity index is 632. The van der Waals surface area contributed by atoms with Crippen molar-refractivity contribution < 1.29 is 14.3 Å². The number of aromatic nitrogens is 1. The third-order valence-electron chi connectivity index (χ3n) is 2.58. The molecule has 0 fully saturated rings. The Balaban J connectivity index is 2.25. The highest BCUT2D eigenvalue weighted by Crippen LogP contribution is 2.32. The molecule has 4 nitrogen and oxygen atoms in total. The second-order valence-electron chi connectivity index (χ2n) is 3.88. The fourth-order valence-electron chi connectivity index (χ4n) is 1.69. The fraction of sp³-hybridized carbons (Fsp3) is 0.143. The van der Waals surface area contributed by atoms with Crippen molar-refractivity contribution in [3.63, 3.8) is 0 Å². The number of pyridine rings is 1. The van der Waals surface area contributed by atoms with Gasteiger partial charge in [0.15, 0.2) is 6.29 Å². The Morgan fingerprint density at radius 2 is 2.15 bits per heavy atom. The molecule has 20 heavy (non-hydrogen) atoms. The monoisotopic (exact) mass is 311 g/mol. The third kappa shape index (κ3) is 3.21. The number of aldehydes is 1. The lowest BCUT2D eigenvalue weighted by Gasteiger charge is -2.12. The molecule has 2 rings (SSSR count). The SMILES string of the molecule is COc1ncccc1COc1c(Cl)cc(Cl)cc1C=O. The minimum atomic E-state index is 0.180. The van der Waals surface area contributed by atoms with Crippen molar-refractivity contribution in [3.8, 4) is 11.6 Å². The van der Waals surface area contributed by atoms with Crippen molar-refractivity contribution >= 4 is 29.5 Å². The Hall–Kier alpha value is -1.78. The molecule has 0 aliphatic heterocycles. The van der Waals surface area contributed by atoms with Crippen LogP contribution in [0.5, 0.6) is 11.6 Å². The van der Waals surface area contributed by atoms with Gasteiger partial charge >= 0.3 is 0 Å². The van der Waals surface area contributed by atoms with E-state index in [2.05, 4.69) is 4.98 Å². The molecule has 0 aliphatic rings. The van der Waals surface area contributed by atoms with Crippen molar-refractivity contribution in [2.45, 2.75) is 6.61 Å². The largest absolute Gasteiger partial charge is 0.486 e. The van der Waals surface area contributed by atoms with Crippen LogP contribution < -0.4 is 9.47 Å². The number of carbonyl (C=O) groups excluding carboxylic acids is 1. The highest BCUT2D eigenvalue weighted by molar-refractivity contribution is 6.36. The predicted octanol–water partition coefficient (Wildman–Crippen LogP) is 3.79. The van der Waals surface area contributed by atoms with Gasteiger partial charge in [-0.3, -0.25) is 4.79 Å². The lowest BCUT2D eigenvalue weighted by molar-refractivity contribution is 0.111. The molecule has 1 aromatic heterocycles. The van der Waals surface area contributed by atoms with Gasteiger partial charge in [0.25, 0.3) is 0 Å². The Morgan fingerprint density at radius 3 is 2.85 bits per heavy atom. The first-order chi connectivity index (χ1) is 9.65. The van der Waals surface area contributed by atoms with Gasteiger partial charge in [0.05, 0.1) is 23.3 Å². The molecular weight excluding hydrogens is 301 g/mol. The number of hydrogen-bond acceptors (Lipinski definition) is 4. The van der Waals surface area contributed by atoms with Crippen LogP contribution in [0, 0.1) is 0 Å². The summed E-state index contributed by atoms with van der Waals surface area (Å²) in [7, 11) is 1.53. The minimum Gasteiger partial charge on any atom is -0.486 e. The van der Waals surface area contributed by atoms with E-state index < -0.39 is 0 Å². The van der Waals surface area contributed by atoms with E-state index in [1.807, 2.05) is 6.07 Å². The lowest BCUT2D eigenvalue weighted by atomic mass is 10.2. The molecule has 1 aromatic carbocycles. The smallest absolute Gasteiger partial charge is 0.219 e. The zero-order chi connectivity index (χ0) is 14.5. The first kappa shape index (κ1) is 14.6. The predicted molar refractivity (Wildman–Crippen MR) is 77.0 cm³/mol. The lowest BCUT2D eigenvalue weighted by Crippen LogP contribution is -2.02. The van der Waals surface area contributed by atoms with Crippen LogP contribution in [0.2, 0.25) is 10.0 Å². The molecule has 6 heteroatoms. The fourth-order valence-corrected chi connectivity index (χ4v) is 2.25. The second-order valence-corrected chi connectivity index (χ2v) is 4.73. The second kappa shape index (κ2) is 6.59. The van der Waals surface area contributed by atoms with E-state index in [0.717, 1.165) is 5.56 Å². The molecule has 0 saturated heterocycles. The molecule has 0 radical (unpaired) electrons. The zero-order valence-corrected chi connectivity index (χ0v) is 12.1. The van der Waals surface area contributed by atoms with Crippen LogP contribution in [0.15, 0.2) is 30.5 Å². The summed E-state index contributed by atoms with van der Waals surface area (Å²) in [6.45, 7) is 0.180. The van der Waals surface area contributed by atoms with Crippen LogP contribution in [0.25, 0.3) is 0 Å². The van der Waals surface area contributed by atoms with E-state index in [9.17, 15) is 4.79 Å². The van der Waals surface area contributed by atoms with Crippen LogP contribution in [0.4, 0.5) is 0 Å². The Kier molecular flexibility index (Phi) is 4.82. The van der Waals surface area contributed by atoms with E-state index in [4.69, 9.17) is 32.7 Å². The van der Waals surface area contributed by atoms with E-state index >= 15 is 0 Å². The van der Waals surface area contributed by atoms with Gasteiger partial charge in [-0.25, -0.2) is 4.98 Å². The summed E-state index contributed by atoms with van der Waals surface area (Å²) in [5, 5.41) is 0.658. The number of methoxy groups -OCH3 is 1. The highest BCUT2D eigenvalue weighted by Gasteiger charge is 2.12. The summed E-state index contributed by atoms with van der Waals surface area (Å²) in [4.78, 5) is 15.1. The van der Waals surface area contributed by atoms with Crippen LogP contribution >= 0.6 is 23.2 Å². The van der Waals surface area contributed by atoms with Gasteiger partial charge in [0.2, 0.25) is 5.88 Å². The van der Waals surface area contributed by atoms with E-state index in [1.54, 1.807) is 12.3 Å². The van der Waals surface area contributed by atoms with Gasteiger partial charge in [-0.15, -0.1) is 0 Å². The molecule has 104 valence electrons. The van der Waals surface area contributed by atoms with E-state index in [-0.39, 0.29) is 17.4 Å². The number of benzene rings is 1. The number of hydrogen-bond donors (Lipinski definition) is 0. The minimum absolute atomic E-state index is 0.180. The summed E-state index contributed by atoms with van der Waals surface area (Å²) < 4.78 is 10.7. The molecule has 0 saturated carbocycles. The molecule has 2 aromatic rings. The molecule has 0 bridgehead atoms. The van der Waals surface area contributed by atoms with E-state index in [0.29, 0.717) is 22.8 Å². The molecule has 0 N–H and O–H groups in total. The zero-order valence-electron chi connectivity index (χ0n) is 10.6. The molecule has 0 unspecified atom stereocenters. The van der Waals surface area contributed by atoms with Crippen LogP contribution in [0.3, 0.4) is 0 Å². The van der Waals surface area contributed by atoms with Crippen LogP contribution in [0.1, 0.15) is 15.9 Å². The van der Waals surface area contributed by atoms with Crippen molar-refractivity contribution in [1.82, 2.24) is 4.98 Å². The van der Waals surface area contributed by atoms with Gasteiger partial charge in [0, 0.05) is 11.2 Å². The molecule has 0 spiro atoms. The number of halogens is 2. The summed E-state index contributed by atoms with van der Waals surface area (Å²) in [6.07, 6.45) is 2.27. The number of ether oxygens (including phenoxy) is 2. The molecular formula is C14H11Cl2NO3. The first-order valence-corrected chi connectivity index (χ1v) is 6.46. The number of rotatable bonds is 5. The summed E-state index contributed by atoms with van der Waals surface area (Å²) in [5.41, 5.74) is 1.04. The topological polar surface area (TPSA) is 48.4 Å². The summed E-state index contributed by atoms with van der Waals surface area (Å²) in [5.74, 6) is 0.752. The molecule has 1 heterocycles. The van der Waals surface area contributed by atoms with E-state index in [1.165, 1.54) is 19.2 Å². The maximum atomic E-state index is 11.0. The van der Waals surface area contributed by atoms with Crippen molar-refractivity contribution in [3.05, 3.63) is 51.6 Å². The van der Waals surface area contributed by atoms with Crippen molar-refractivity contribution in [1.29, 1.82) is 0 Å². The first-order valence-electron chi connectivity index (χ1n) is 5.70. The maximum absolute atomic E-state index is 11.0. The van der Waals surface area contributed by atoms with Gasteiger partial charge < -0.3 is 9.47 Å². The number of carbonyl (C=O) groups is 1. The van der Waals surface area contributed by atoms with Gasteiger partial charge in [-0.1, -0.05) is 23.2 Å². The average molecular weight is 312 g/mol. The summed E-state index contributed by atoms with van der Waals surface area (Å²) >= 11 is 11.9. The van der Waals surface area contributed by atoms with Crippen LogP contribution in [-0.2, 0) is 6.61 Å². The molecule has 0 atom stereocenters. The normalized spacial score (nSPS) is 10.2. The quantitative estimate of drug-likeness (QED) is 0.788. The molecule has 0 aliphatic carbocycles. The third-order valence-corrected chi connectivity index (χ3v) is 3.08. The Labute approximate surface area is 126 Å². The Morgan fingerprint density at radius 1 is 1.35 bits per heavy atom. The average Bonchev–Trinajstić information content (AvgIpc) is 2.45. The highest BCUT2D eigenvalue weighted by atomic mass is 35.5. The van der Waals surface area contributed by atoms with Crippen molar-refractivity contribution in [2.75, 3.05) is 7.11 Å². The standard InChI is InChI=1S/C14H11Cl2NO3/c1-19-14-9(3-2-4-17-14)8-20-13-10(7-18)5-11(15)6-12(13)16/h2-7H,8H2,1H3. The van der Waals surface area contributed by atoms with Crippen molar-refractivity contribution in [2.24, 2.45) is 0 Å². The van der Waals surface area contributed by atoms with Gasteiger partial charge in [0.1, 0.15) is 12.4 Å². The molecule has 0 amide bonds. The van der Waals surface area contributed by atoms with Crippen LogP contribution in [-0.4, -0.2) is 18.4 Å². The van der Waals surface area contributed by atoms with Gasteiger partial charge in [-0.2, -0.15) is 0 Å². The summed E-state index contributed by atoms with van der Waals surface area (Å²) in [6, 6.07) is 6.60. The van der Waals surface area contributed by atoms with Gasteiger partial charge in [-0.05, 0) is 24.3 Å². The maximum Gasteiger partial charge on any atom is 0.219 e.